The van der Waals surface area contributed by atoms with Gasteiger partial charge in [-0.3, -0.25) is 0 Å². The zero-order valence-corrected chi connectivity index (χ0v) is 7.17. The fourth-order valence-corrected chi connectivity index (χ4v) is 0.421. The van der Waals surface area contributed by atoms with Crippen LogP contribution in [-0.2, 0) is 7.05 Å². The van der Waals surface area contributed by atoms with E-state index in [0.29, 0.717) is 0 Å². The van der Waals surface area contributed by atoms with Gasteiger partial charge in [0.25, 0.3) is 0 Å². The maximum Gasteiger partial charge on any atom is 0.0106 e. The van der Waals surface area contributed by atoms with Crippen molar-refractivity contribution in [3.8, 4) is 0 Å². The molecule has 0 N–H and O–H groups in total. The van der Waals surface area contributed by atoms with Crippen molar-refractivity contribution in [3.63, 3.8) is 0 Å². The molecule has 1 heterocycles. The monoisotopic (exact) mass is 139 g/mol. The van der Waals surface area contributed by atoms with Gasteiger partial charge in [-0.1, -0.05) is 13.8 Å². The van der Waals surface area contributed by atoms with Crippen LogP contribution < -0.4 is 0 Å². The van der Waals surface area contributed by atoms with Crippen molar-refractivity contribution in [3.05, 3.63) is 37.7 Å². The van der Waals surface area contributed by atoms with Gasteiger partial charge in [0.15, 0.2) is 0 Å². The van der Waals surface area contributed by atoms with E-state index in [0.717, 1.165) is 0 Å². The van der Waals surface area contributed by atoms with Crippen LogP contribution in [0.15, 0.2) is 37.7 Å². The van der Waals surface area contributed by atoms with E-state index in [1.54, 1.807) is 0 Å². The Hall–Kier alpha value is -0.980. The Morgan fingerprint density at radius 3 is 1.40 bits per heavy atom. The summed E-state index contributed by atoms with van der Waals surface area (Å²) in [6.45, 7) is 10.0. The van der Waals surface area contributed by atoms with Crippen LogP contribution in [0, 0.1) is 0 Å². The molecule has 10 heavy (non-hydrogen) atoms. The summed E-state index contributed by atoms with van der Waals surface area (Å²) in [4.78, 5) is 0. The zero-order chi connectivity index (χ0) is 8.41. The number of aryl methyl sites for hydroxylation is 1. The number of nitrogens with zero attached hydrogens (tertiary/aromatic N) is 1. The summed E-state index contributed by atoms with van der Waals surface area (Å²) in [5.41, 5.74) is 0. The number of rotatable bonds is 0. The highest BCUT2D eigenvalue weighted by Gasteiger charge is 1.68. The van der Waals surface area contributed by atoms with Gasteiger partial charge in [-0.05, 0) is 12.1 Å². The molecule has 0 amide bonds. The molecule has 58 valence electrons. The normalized spacial score (nSPS) is 6.30. The molecule has 0 atom stereocenters. The van der Waals surface area contributed by atoms with Crippen LogP contribution in [0.4, 0.5) is 0 Å². The quantitative estimate of drug-likeness (QED) is 0.487. The molecule has 1 heteroatoms. The van der Waals surface area contributed by atoms with Crippen molar-refractivity contribution >= 4 is 0 Å². The summed E-state index contributed by atoms with van der Waals surface area (Å²) in [7, 11) is 2.00. The van der Waals surface area contributed by atoms with Crippen LogP contribution in [0.1, 0.15) is 13.8 Å². The molecule has 1 rings (SSSR count). The predicted octanol–water partition coefficient (Wildman–Crippen LogP) is 2.85. The molecule has 0 unspecified atom stereocenters. The minimum absolute atomic E-state index is 2.00. The third kappa shape index (κ3) is 7.02. The molecule has 0 aliphatic heterocycles. The predicted molar refractivity (Wildman–Crippen MR) is 48.0 cm³/mol. The van der Waals surface area contributed by atoms with Crippen LogP contribution in [0.2, 0.25) is 0 Å². The topological polar surface area (TPSA) is 4.93 Å². The number of hydrogen-bond donors (Lipinski definition) is 0. The molecule has 0 saturated carbocycles. The Morgan fingerprint density at radius 1 is 1.00 bits per heavy atom. The van der Waals surface area contributed by atoms with E-state index in [1.165, 1.54) is 0 Å². The zero-order valence-electron chi connectivity index (χ0n) is 7.17. The minimum atomic E-state index is 2.00. The van der Waals surface area contributed by atoms with Gasteiger partial charge in [0.1, 0.15) is 0 Å². The molecule has 1 aromatic rings. The van der Waals surface area contributed by atoms with Gasteiger partial charge in [-0.25, -0.2) is 0 Å². The van der Waals surface area contributed by atoms with Crippen molar-refractivity contribution < 1.29 is 0 Å². The van der Waals surface area contributed by atoms with Crippen LogP contribution in [0.3, 0.4) is 0 Å². The molecular formula is C9H17N. The van der Waals surface area contributed by atoms with Gasteiger partial charge in [-0.15, -0.1) is 13.2 Å². The van der Waals surface area contributed by atoms with Crippen molar-refractivity contribution in [2.75, 3.05) is 0 Å². The van der Waals surface area contributed by atoms with Crippen LogP contribution in [-0.4, -0.2) is 4.57 Å². The first-order chi connectivity index (χ1) is 4.89. The average molecular weight is 139 g/mol. The maximum atomic E-state index is 3.00. The lowest BCUT2D eigenvalue weighted by Crippen LogP contribution is -1.75. The lowest BCUT2D eigenvalue weighted by Gasteiger charge is -1.79. The molecular weight excluding hydrogens is 122 g/mol. The SMILES string of the molecule is C=C.CC.Cn1cccc1. The Balaban J connectivity index is 0. The molecule has 1 nitrogen and oxygen atoms in total. The van der Waals surface area contributed by atoms with Crippen molar-refractivity contribution in [2.45, 2.75) is 13.8 Å². The Bertz CT molecular complexity index is 119. The minimum Gasteiger partial charge on any atom is -0.357 e. The van der Waals surface area contributed by atoms with Crippen molar-refractivity contribution in [1.82, 2.24) is 4.57 Å². The third-order valence-corrected chi connectivity index (χ3v) is 0.754. The van der Waals surface area contributed by atoms with E-state index in [-0.39, 0.29) is 0 Å². The van der Waals surface area contributed by atoms with E-state index < -0.39 is 0 Å². The van der Waals surface area contributed by atoms with Gasteiger partial charge < -0.3 is 4.57 Å². The number of hydrogen-bond acceptors (Lipinski definition) is 0. The van der Waals surface area contributed by atoms with Gasteiger partial charge in [0.05, 0.1) is 0 Å². The van der Waals surface area contributed by atoms with E-state index in [1.807, 2.05) is 50.0 Å². The van der Waals surface area contributed by atoms with Crippen molar-refractivity contribution in [1.29, 1.82) is 0 Å². The second-order valence-corrected chi connectivity index (χ2v) is 1.35. The Labute approximate surface area is 64.0 Å². The van der Waals surface area contributed by atoms with Crippen LogP contribution in [0.5, 0.6) is 0 Å². The van der Waals surface area contributed by atoms with E-state index in [2.05, 4.69) is 13.2 Å². The summed E-state index contributed by atoms with van der Waals surface area (Å²) in [6, 6.07) is 4.00. The maximum absolute atomic E-state index is 3.00. The molecule has 0 fully saturated rings. The van der Waals surface area contributed by atoms with Gasteiger partial charge in [0, 0.05) is 19.4 Å². The average Bonchev–Trinajstić information content (AvgIpc) is 2.48. The summed E-state index contributed by atoms with van der Waals surface area (Å²) >= 11 is 0. The Morgan fingerprint density at radius 2 is 1.30 bits per heavy atom. The second-order valence-electron chi connectivity index (χ2n) is 1.35. The van der Waals surface area contributed by atoms with E-state index >= 15 is 0 Å². The van der Waals surface area contributed by atoms with Crippen molar-refractivity contribution in [2.24, 2.45) is 7.05 Å². The van der Waals surface area contributed by atoms with Crippen LogP contribution in [0.25, 0.3) is 0 Å². The summed E-state index contributed by atoms with van der Waals surface area (Å²) < 4.78 is 2.00. The second kappa shape index (κ2) is 10.9. The summed E-state index contributed by atoms with van der Waals surface area (Å²) in [5.74, 6) is 0. The highest BCUT2D eigenvalue weighted by Crippen LogP contribution is 1.80. The molecule has 0 bridgehead atoms. The first-order valence-electron chi connectivity index (χ1n) is 3.46. The fraction of sp³-hybridized carbons (Fsp3) is 0.333. The molecule has 0 saturated heterocycles. The molecule has 0 aliphatic rings. The molecule has 0 spiro atoms. The highest BCUT2D eigenvalue weighted by molar-refractivity contribution is 4.88. The van der Waals surface area contributed by atoms with E-state index in [9.17, 15) is 0 Å². The van der Waals surface area contributed by atoms with E-state index in [4.69, 9.17) is 0 Å². The molecule has 1 aromatic heterocycles. The van der Waals surface area contributed by atoms with Gasteiger partial charge >= 0.3 is 0 Å². The third-order valence-electron chi connectivity index (χ3n) is 0.754. The molecule has 0 aromatic carbocycles. The fourth-order valence-electron chi connectivity index (χ4n) is 0.421. The Kier molecular flexibility index (Phi) is 12.8. The van der Waals surface area contributed by atoms with Crippen LogP contribution >= 0.6 is 0 Å². The summed E-state index contributed by atoms with van der Waals surface area (Å²) in [5, 5.41) is 0. The smallest absolute Gasteiger partial charge is 0.0106 e. The lowest BCUT2D eigenvalue weighted by molar-refractivity contribution is 0.928. The lowest BCUT2D eigenvalue weighted by atomic mass is 10.7. The first-order valence-corrected chi connectivity index (χ1v) is 3.46. The van der Waals surface area contributed by atoms with Gasteiger partial charge in [0.2, 0.25) is 0 Å². The standard InChI is InChI=1S/C5H7N.C2H6.C2H4/c1-6-4-2-3-5-6;2*1-2/h2-5H,1H3;1-2H3;1-2H2. The highest BCUT2D eigenvalue weighted by atomic mass is 14.9. The number of aromatic nitrogens is 1. The molecule has 0 radical (unpaired) electrons. The largest absolute Gasteiger partial charge is 0.357 e. The summed E-state index contributed by atoms with van der Waals surface area (Å²) in [6.07, 6.45) is 4.00. The molecule has 0 aliphatic carbocycles. The first kappa shape index (κ1) is 11.8. The van der Waals surface area contributed by atoms with Gasteiger partial charge in [-0.2, -0.15) is 0 Å².